The van der Waals surface area contributed by atoms with Gasteiger partial charge in [0.1, 0.15) is 0 Å². The van der Waals surface area contributed by atoms with Crippen molar-refractivity contribution in [2.24, 2.45) is 0 Å². The summed E-state index contributed by atoms with van der Waals surface area (Å²) in [5, 5.41) is 10.9. The van der Waals surface area contributed by atoms with Crippen LogP contribution in [0.3, 0.4) is 0 Å². The Morgan fingerprint density at radius 1 is 0.324 bits per heavy atom. The molecule has 2 heteroatoms. The summed E-state index contributed by atoms with van der Waals surface area (Å²) in [6.45, 7) is 0. The summed E-state index contributed by atoms with van der Waals surface area (Å²) in [7, 11) is 0. The number of benzene rings is 13. The van der Waals surface area contributed by atoms with Crippen molar-refractivity contribution < 1.29 is 6.85 Å². The molecule has 13 aromatic carbocycles. The highest BCUT2D eigenvalue weighted by atomic mass is 15.1. The lowest BCUT2D eigenvalue weighted by Gasteiger charge is -2.25. The van der Waals surface area contributed by atoms with Crippen LogP contribution in [0.1, 0.15) is 18.0 Å². The first-order chi connectivity index (χ1) is 38.8. The lowest BCUT2D eigenvalue weighted by molar-refractivity contribution is 1.18. The molecule has 0 unspecified atom stereocenters. The van der Waals surface area contributed by atoms with E-state index in [-0.39, 0.29) is 29.7 Å². The van der Waals surface area contributed by atoms with E-state index in [2.05, 4.69) is 246 Å². The zero-order valence-electron chi connectivity index (χ0n) is 45.2. The Balaban J connectivity index is 0.790. The monoisotopic (exact) mass is 945 g/mol. The first-order valence-electron chi connectivity index (χ1n) is 27.6. The van der Waals surface area contributed by atoms with Crippen LogP contribution in [0.5, 0.6) is 0 Å². The predicted molar refractivity (Wildman–Crippen MR) is 317 cm³/mol. The molecule has 74 heavy (non-hydrogen) atoms. The van der Waals surface area contributed by atoms with Crippen LogP contribution in [0.2, 0.25) is 0 Å². The van der Waals surface area contributed by atoms with Gasteiger partial charge in [-0.15, -0.1) is 0 Å². The Kier molecular flexibility index (Phi) is 9.31. The molecule has 0 saturated carbocycles. The van der Waals surface area contributed by atoms with Crippen LogP contribution in [0, 0.1) is 0 Å². The maximum atomic E-state index is 8.83. The molecular weight excluding hydrogens is 893 g/mol. The SMILES string of the molecule is [2H]c1c([2H])c([2H])c(-c2ccc(-c3c4ccccc4c(-c4ccc5cc(/C=C/c6ccc(N(c7ccccc7)c7ccc8c(c7)c7ccccc7n8-c7ccccc7)cc6)ccc5c4)c4ccccc34)c3ccccc23)c([2H])c1[2H]. The van der Waals surface area contributed by atoms with Gasteiger partial charge in [0.15, 0.2) is 0 Å². The van der Waals surface area contributed by atoms with E-state index >= 15 is 0 Å². The van der Waals surface area contributed by atoms with E-state index in [1.807, 2.05) is 24.3 Å². The van der Waals surface area contributed by atoms with Crippen LogP contribution in [-0.4, -0.2) is 4.57 Å². The Hall–Kier alpha value is -9.76. The van der Waals surface area contributed by atoms with Gasteiger partial charge in [0.2, 0.25) is 0 Å². The zero-order chi connectivity index (χ0) is 53.3. The molecule has 0 spiro atoms. The topological polar surface area (TPSA) is 8.17 Å². The van der Waals surface area contributed by atoms with E-state index < -0.39 is 6.04 Å². The highest BCUT2D eigenvalue weighted by Crippen LogP contribution is 2.47. The second kappa shape index (κ2) is 18.1. The Bertz CT molecular complexity index is 4690. The molecule has 0 bridgehead atoms. The van der Waals surface area contributed by atoms with Gasteiger partial charge in [-0.25, -0.2) is 0 Å². The van der Waals surface area contributed by atoms with Crippen LogP contribution in [0.4, 0.5) is 17.1 Å². The van der Waals surface area contributed by atoms with E-state index in [1.54, 1.807) is 0 Å². The van der Waals surface area contributed by atoms with Gasteiger partial charge in [-0.2, -0.15) is 0 Å². The van der Waals surface area contributed by atoms with Gasteiger partial charge in [-0.3, -0.25) is 0 Å². The molecule has 0 radical (unpaired) electrons. The minimum absolute atomic E-state index is 0.199. The fraction of sp³-hybridized carbons (Fsp3) is 0. The van der Waals surface area contributed by atoms with Crippen molar-refractivity contribution in [3.8, 4) is 39.1 Å². The van der Waals surface area contributed by atoms with E-state index in [0.29, 0.717) is 5.56 Å². The van der Waals surface area contributed by atoms with Gasteiger partial charge < -0.3 is 9.47 Å². The minimum atomic E-state index is -0.400. The summed E-state index contributed by atoms with van der Waals surface area (Å²) >= 11 is 0. The van der Waals surface area contributed by atoms with Crippen molar-refractivity contribution in [1.29, 1.82) is 0 Å². The van der Waals surface area contributed by atoms with Crippen molar-refractivity contribution >= 4 is 94.1 Å². The van der Waals surface area contributed by atoms with E-state index in [0.717, 1.165) is 99.2 Å². The number of fused-ring (bicyclic) bond motifs is 7. The molecule has 0 N–H and O–H groups in total. The van der Waals surface area contributed by atoms with Crippen molar-refractivity contribution in [2.75, 3.05) is 4.90 Å². The normalized spacial score (nSPS) is 12.7. The maximum absolute atomic E-state index is 8.83. The number of nitrogens with zero attached hydrogens (tertiary/aromatic N) is 2. The molecule has 0 aliphatic carbocycles. The molecular formula is C72H48N2. The summed E-state index contributed by atoms with van der Waals surface area (Å²) in [6.07, 6.45) is 4.37. The molecule has 0 atom stereocenters. The second-order valence-corrected chi connectivity index (χ2v) is 18.9. The fourth-order valence-corrected chi connectivity index (χ4v) is 11.3. The number of anilines is 3. The molecule has 14 rings (SSSR count). The van der Waals surface area contributed by atoms with Crippen molar-refractivity contribution in [3.05, 3.63) is 290 Å². The fourth-order valence-electron chi connectivity index (χ4n) is 11.3. The lowest BCUT2D eigenvalue weighted by atomic mass is 9.83. The third kappa shape index (κ3) is 7.43. The number of hydrogen-bond acceptors (Lipinski definition) is 1. The molecule has 0 saturated heterocycles. The Labute approximate surface area is 437 Å². The van der Waals surface area contributed by atoms with Gasteiger partial charge in [-0.1, -0.05) is 218 Å². The molecule has 0 aliphatic heterocycles. The number of hydrogen-bond donors (Lipinski definition) is 0. The molecule has 1 aromatic heterocycles. The maximum Gasteiger partial charge on any atom is 0.0629 e. The lowest BCUT2D eigenvalue weighted by Crippen LogP contribution is -2.09. The number of rotatable bonds is 9. The Morgan fingerprint density at radius 3 is 1.55 bits per heavy atom. The van der Waals surface area contributed by atoms with Gasteiger partial charge in [0, 0.05) is 33.5 Å². The summed E-state index contributed by atoms with van der Waals surface area (Å²) in [6, 6.07) is 86.5. The first-order valence-corrected chi connectivity index (χ1v) is 25.1. The summed E-state index contributed by atoms with van der Waals surface area (Å²) in [5.41, 5.74) is 14.1. The summed E-state index contributed by atoms with van der Waals surface area (Å²) < 4.78 is 45.1. The van der Waals surface area contributed by atoms with E-state index in [9.17, 15) is 0 Å². The van der Waals surface area contributed by atoms with Crippen LogP contribution >= 0.6 is 0 Å². The third-order valence-electron chi connectivity index (χ3n) is 14.6. The summed E-state index contributed by atoms with van der Waals surface area (Å²) in [4.78, 5) is 2.33. The molecule has 14 aromatic rings. The molecule has 0 fully saturated rings. The van der Waals surface area contributed by atoms with Crippen molar-refractivity contribution in [2.45, 2.75) is 0 Å². The standard InChI is InChI=1S/C72H48N2/c1-4-18-51(19-5-1)59-43-44-67(61-25-11-10-24-60(59)61)72-65-29-14-12-27-63(65)71(64-28-13-15-30-66(64)72)54-39-38-52-46-50(34-37-53(52)47-54)33-32-49-35-40-57(41-36-49)73(55-20-6-2-7-21-55)58-42-45-70-68(48-58)62-26-16-17-31-69(62)74(70)56-22-8-3-9-23-56/h1-48H/b33-32+/i1D,4D,5D,18D,19D. The number of para-hydroxylation sites is 3. The van der Waals surface area contributed by atoms with Gasteiger partial charge in [-0.05, 0) is 160 Å². The Morgan fingerprint density at radius 2 is 0.838 bits per heavy atom. The zero-order valence-corrected chi connectivity index (χ0v) is 40.2. The van der Waals surface area contributed by atoms with Crippen LogP contribution in [0.25, 0.3) is 116 Å². The van der Waals surface area contributed by atoms with Gasteiger partial charge >= 0.3 is 0 Å². The van der Waals surface area contributed by atoms with Crippen molar-refractivity contribution in [1.82, 2.24) is 4.57 Å². The average Bonchev–Trinajstić information content (AvgIpc) is 4.04. The molecule has 1 heterocycles. The first kappa shape index (κ1) is 38.0. The summed E-state index contributed by atoms with van der Waals surface area (Å²) in [5.74, 6) is 0. The minimum Gasteiger partial charge on any atom is -0.310 e. The van der Waals surface area contributed by atoms with E-state index in [1.165, 1.54) is 21.8 Å². The number of aromatic nitrogens is 1. The average molecular weight is 946 g/mol. The third-order valence-corrected chi connectivity index (χ3v) is 14.6. The van der Waals surface area contributed by atoms with Gasteiger partial charge in [0.05, 0.1) is 17.9 Å². The predicted octanol–water partition coefficient (Wildman–Crippen LogP) is 20.0. The van der Waals surface area contributed by atoms with Crippen LogP contribution < -0.4 is 4.90 Å². The molecule has 346 valence electrons. The molecule has 0 aliphatic rings. The second-order valence-electron chi connectivity index (χ2n) is 18.9. The quantitative estimate of drug-likeness (QED) is 0.103. The highest BCUT2D eigenvalue weighted by Gasteiger charge is 2.20. The van der Waals surface area contributed by atoms with Gasteiger partial charge in [0.25, 0.3) is 0 Å². The highest BCUT2D eigenvalue weighted by molar-refractivity contribution is 6.24. The van der Waals surface area contributed by atoms with Crippen molar-refractivity contribution in [3.63, 3.8) is 0 Å². The molecule has 0 amide bonds. The van der Waals surface area contributed by atoms with Crippen LogP contribution in [-0.2, 0) is 0 Å². The van der Waals surface area contributed by atoms with E-state index in [4.69, 9.17) is 6.85 Å². The molecule has 2 nitrogen and oxygen atoms in total. The largest absolute Gasteiger partial charge is 0.310 e. The van der Waals surface area contributed by atoms with Crippen LogP contribution in [0.15, 0.2) is 279 Å². The smallest absolute Gasteiger partial charge is 0.0629 e.